The van der Waals surface area contributed by atoms with Crippen molar-refractivity contribution in [2.24, 2.45) is 22.2 Å². The quantitative estimate of drug-likeness (QED) is 0.0402. The smallest absolute Gasteiger partial charge is 0.246 e. The third-order valence-corrected chi connectivity index (χ3v) is 14.4. The lowest BCUT2D eigenvalue weighted by atomic mass is 9.90. The SMILES string of the molecule is CCCC[C@H](NC(C)=O)C(=O)N[C@@H]1CC(=O)NCCCCC[C@@H](C(N)=O)NC(=O)[C@H](Cc2c[nH]c3ccccc23)NC(=O)[C@H](CCCN=C(N)N)NC(=O)[C@@H](Cc2ccccc2)NC(=O)[C@H]2[C@@H](c3ccc(OC)cc3)CCN2C1=O. The number of unbranched alkanes of at least 4 members (excludes halogenated alkanes) is 1. The lowest BCUT2D eigenvalue weighted by Crippen LogP contribution is -2.61. The van der Waals surface area contributed by atoms with Crippen molar-refractivity contribution in [1.29, 1.82) is 0 Å². The van der Waals surface area contributed by atoms with Gasteiger partial charge in [-0.3, -0.25) is 48.1 Å². The number of fused-ring (bicyclic) bond motifs is 2. The minimum absolute atomic E-state index is 0.000252. The number of H-pyrrole nitrogens is 1. The van der Waals surface area contributed by atoms with Gasteiger partial charge in [-0.05, 0) is 73.4 Å². The standard InChI is InChI=1S/C57H77N13O10/c1-4-5-18-43(64-34(2)71)51(74)69-47-32-48(72)61-27-13-7-10-20-42(50(58)73)65-54(77)46(31-37-33-63-41-19-12-11-17-39(37)41)67-52(75)44(21-14-28-62-57(59)60)66-53(76)45(30-35-15-8-6-9-16-35)68-55(78)49-40(26-29-70(49)56(47)79)36-22-24-38(80-3)25-23-36/h6,8-9,11-12,15-17,19,22-25,33,40,42-47,49,63H,4-5,7,10,13-14,18,20-21,26-32H2,1-3H3,(H2,58,73)(H,61,72)(H,64,71)(H,65,77)(H,66,76)(H,67,75)(H,68,78)(H,69,74)(H4,59,60,62)/t40-,42+,43+,44+,45-,46+,47-,49-/m1/s1. The Morgan fingerprint density at radius 3 is 2.15 bits per heavy atom. The Labute approximate surface area is 465 Å². The number of primary amides is 1. The van der Waals surface area contributed by atoms with Crippen LogP contribution in [0.1, 0.15) is 107 Å². The molecule has 23 heteroatoms. The second kappa shape index (κ2) is 30.0. The van der Waals surface area contributed by atoms with Gasteiger partial charge in [-0.25, -0.2) is 0 Å². The van der Waals surface area contributed by atoms with Crippen molar-refractivity contribution in [3.8, 4) is 5.75 Å². The van der Waals surface area contributed by atoms with Crippen LogP contribution in [0.3, 0.4) is 0 Å². The molecule has 8 atom stereocenters. The van der Waals surface area contributed by atoms with Crippen LogP contribution in [0, 0.1) is 0 Å². The fraction of sp³-hybridized carbons (Fsp3) is 0.474. The van der Waals surface area contributed by atoms with Gasteiger partial charge in [0, 0.05) is 62.4 Å². The van der Waals surface area contributed by atoms with Gasteiger partial charge >= 0.3 is 0 Å². The molecule has 0 saturated carbocycles. The number of nitrogens with two attached hydrogens (primary N) is 3. The van der Waals surface area contributed by atoms with Gasteiger partial charge in [-0.15, -0.1) is 0 Å². The highest BCUT2D eigenvalue weighted by atomic mass is 16.5. The fourth-order valence-electron chi connectivity index (χ4n) is 10.2. The Kier molecular flexibility index (Phi) is 22.8. The number of aromatic amines is 1. The van der Waals surface area contributed by atoms with Crippen molar-refractivity contribution >= 4 is 70.0 Å². The molecule has 9 amide bonds. The molecule has 14 N–H and O–H groups in total. The molecule has 23 nitrogen and oxygen atoms in total. The Morgan fingerprint density at radius 1 is 0.775 bits per heavy atom. The monoisotopic (exact) mass is 1100 g/mol. The van der Waals surface area contributed by atoms with E-state index in [0.717, 1.165) is 10.9 Å². The fourth-order valence-corrected chi connectivity index (χ4v) is 10.2. The van der Waals surface area contributed by atoms with E-state index >= 15 is 14.4 Å². The Balaban J connectivity index is 1.42. The maximum Gasteiger partial charge on any atom is 0.246 e. The number of nitrogens with zero attached hydrogens (tertiary/aromatic N) is 2. The normalized spacial score (nSPS) is 22.4. The third kappa shape index (κ3) is 17.5. The van der Waals surface area contributed by atoms with Crippen LogP contribution in [0.15, 0.2) is 90.1 Å². The summed E-state index contributed by atoms with van der Waals surface area (Å²) in [4.78, 5) is 136. The van der Waals surface area contributed by atoms with Gasteiger partial charge in [-0.2, -0.15) is 0 Å². The first-order valence-electron chi connectivity index (χ1n) is 27.4. The number of hydrogen-bond acceptors (Lipinski definition) is 11. The Hall–Kier alpha value is -8.50. The minimum Gasteiger partial charge on any atom is -0.497 e. The van der Waals surface area contributed by atoms with Crippen LogP contribution in [0.4, 0.5) is 0 Å². The lowest BCUT2D eigenvalue weighted by Gasteiger charge is -2.33. The molecule has 3 heterocycles. The molecule has 2 aliphatic rings. The van der Waals surface area contributed by atoms with E-state index in [1.807, 2.05) is 31.2 Å². The van der Waals surface area contributed by atoms with Gasteiger partial charge in [0.25, 0.3) is 0 Å². The number of amides is 9. The molecule has 0 bridgehead atoms. The van der Waals surface area contributed by atoms with Crippen LogP contribution in [0.2, 0.25) is 0 Å². The third-order valence-electron chi connectivity index (χ3n) is 14.4. The molecule has 6 rings (SSSR count). The zero-order valence-electron chi connectivity index (χ0n) is 45.7. The molecule has 2 aliphatic heterocycles. The van der Waals surface area contributed by atoms with Gasteiger partial charge < -0.3 is 69.0 Å². The highest BCUT2D eigenvalue weighted by Crippen LogP contribution is 2.35. The molecular weight excluding hydrogens is 1030 g/mol. The van der Waals surface area contributed by atoms with Gasteiger partial charge in [0.1, 0.15) is 48.0 Å². The van der Waals surface area contributed by atoms with Crippen molar-refractivity contribution in [3.05, 3.63) is 102 Å². The van der Waals surface area contributed by atoms with Crippen LogP contribution in [0.25, 0.3) is 10.9 Å². The summed E-state index contributed by atoms with van der Waals surface area (Å²) in [6.07, 6.45) is 4.33. The van der Waals surface area contributed by atoms with E-state index in [0.29, 0.717) is 54.5 Å². The topological polar surface area (TPSA) is 357 Å². The summed E-state index contributed by atoms with van der Waals surface area (Å²) < 4.78 is 5.42. The molecule has 80 heavy (non-hydrogen) atoms. The van der Waals surface area contributed by atoms with Crippen molar-refractivity contribution in [2.75, 3.05) is 26.7 Å². The van der Waals surface area contributed by atoms with E-state index in [1.54, 1.807) is 60.8 Å². The van der Waals surface area contributed by atoms with Gasteiger partial charge in [0.05, 0.1) is 13.5 Å². The predicted molar refractivity (Wildman–Crippen MR) is 300 cm³/mol. The number of aliphatic imine (C=N–C) groups is 1. The maximum atomic E-state index is 15.3. The van der Waals surface area contributed by atoms with Gasteiger partial charge in [-0.1, -0.05) is 93.3 Å². The molecule has 0 spiro atoms. The molecule has 2 fully saturated rings. The summed E-state index contributed by atoms with van der Waals surface area (Å²) >= 11 is 0. The number of benzene rings is 3. The first-order chi connectivity index (χ1) is 38.5. The second-order valence-electron chi connectivity index (χ2n) is 20.4. The molecule has 2 saturated heterocycles. The van der Waals surface area contributed by atoms with Gasteiger partial charge in [0.2, 0.25) is 53.2 Å². The Morgan fingerprint density at radius 2 is 1.45 bits per heavy atom. The number of para-hydroxylation sites is 1. The predicted octanol–water partition coefficient (Wildman–Crippen LogP) is 1.08. The second-order valence-corrected chi connectivity index (χ2v) is 20.4. The summed E-state index contributed by atoms with van der Waals surface area (Å²) in [5.74, 6) is -6.67. The molecule has 0 radical (unpaired) electrons. The largest absolute Gasteiger partial charge is 0.497 e. The minimum atomic E-state index is -1.52. The zero-order valence-corrected chi connectivity index (χ0v) is 45.7. The molecule has 1 aromatic heterocycles. The van der Waals surface area contributed by atoms with Crippen molar-refractivity contribution in [2.45, 2.75) is 146 Å². The molecule has 3 aromatic carbocycles. The van der Waals surface area contributed by atoms with Crippen LogP contribution in [-0.4, -0.2) is 138 Å². The zero-order chi connectivity index (χ0) is 57.7. The number of guanidine groups is 1. The first kappa shape index (κ1) is 60.7. The number of aromatic nitrogens is 1. The molecule has 0 aliphatic carbocycles. The summed E-state index contributed by atoms with van der Waals surface area (Å²) in [7, 11) is 1.51. The number of ether oxygens (including phenoxy) is 1. The highest BCUT2D eigenvalue weighted by molar-refractivity contribution is 5.99. The Bertz CT molecular complexity index is 2820. The average Bonchev–Trinajstić information content (AvgIpc) is 4.08. The summed E-state index contributed by atoms with van der Waals surface area (Å²) in [5, 5.41) is 20.3. The maximum absolute atomic E-state index is 15.3. The summed E-state index contributed by atoms with van der Waals surface area (Å²) in [6.45, 7) is 3.40. The van der Waals surface area contributed by atoms with Gasteiger partial charge in [0.15, 0.2) is 5.96 Å². The molecule has 4 aromatic rings. The number of carbonyl (C=O) groups excluding carboxylic acids is 9. The highest BCUT2D eigenvalue weighted by Gasteiger charge is 2.46. The van der Waals surface area contributed by atoms with E-state index in [2.05, 4.69) is 47.2 Å². The van der Waals surface area contributed by atoms with Crippen LogP contribution >= 0.6 is 0 Å². The summed E-state index contributed by atoms with van der Waals surface area (Å²) in [6, 6.07) is 14.1. The number of nitrogens with one attached hydrogen (secondary N) is 8. The van der Waals surface area contributed by atoms with Crippen molar-refractivity contribution < 1.29 is 47.9 Å². The van der Waals surface area contributed by atoms with Crippen molar-refractivity contribution in [1.82, 2.24) is 47.1 Å². The van der Waals surface area contributed by atoms with Crippen LogP contribution in [-0.2, 0) is 56.0 Å². The average molecular weight is 1100 g/mol. The number of methoxy groups -OCH3 is 1. The lowest BCUT2D eigenvalue weighted by molar-refractivity contribution is -0.144. The number of rotatable bonds is 17. The van der Waals surface area contributed by atoms with E-state index in [9.17, 15) is 28.8 Å². The number of hydrogen-bond donors (Lipinski definition) is 11. The molecular formula is C57H77N13O10. The first-order valence-corrected chi connectivity index (χ1v) is 27.4. The van der Waals surface area contributed by atoms with E-state index in [1.165, 1.54) is 18.9 Å². The molecule has 0 unspecified atom stereocenters. The summed E-state index contributed by atoms with van der Waals surface area (Å²) in [5.41, 5.74) is 19.9. The van der Waals surface area contributed by atoms with E-state index in [-0.39, 0.29) is 70.5 Å². The van der Waals surface area contributed by atoms with Crippen molar-refractivity contribution in [3.63, 3.8) is 0 Å². The van der Waals surface area contributed by atoms with Crippen LogP contribution < -0.4 is 59.2 Å². The van der Waals surface area contributed by atoms with E-state index < -0.39 is 108 Å². The number of carbonyl (C=O) groups is 9. The van der Waals surface area contributed by atoms with Crippen LogP contribution in [0.5, 0.6) is 5.75 Å². The van der Waals surface area contributed by atoms with E-state index in [4.69, 9.17) is 21.9 Å². The molecule has 430 valence electrons.